The zero-order valence-electron chi connectivity index (χ0n) is 11.2. The van der Waals surface area contributed by atoms with Crippen molar-refractivity contribution in [2.24, 2.45) is 27.4 Å². The molecule has 0 heterocycles. The molecule has 0 aromatic heterocycles. The van der Waals surface area contributed by atoms with E-state index in [1.807, 2.05) is 0 Å². The summed E-state index contributed by atoms with van der Waals surface area (Å²) in [5.74, 6) is 0. The van der Waals surface area contributed by atoms with Crippen molar-refractivity contribution in [2.75, 3.05) is 6.54 Å². The fraction of sp³-hybridized carbons (Fsp3) is 0.933. The van der Waals surface area contributed by atoms with Gasteiger partial charge in [0.05, 0.1) is 6.07 Å². The van der Waals surface area contributed by atoms with Crippen LogP contribution in [-0.4, -0.2) is 6.54 Å². The lowest BCUT2D eigenvalue weighted by Crippen LogP contribution is -2.45. The Morgan fingerprint density at radius 3 is 2.41 bits per heavy atom. The Labute approximate surface area is 105 Å². The molecule has 0 radical (unpaired) electrons. The van der Waals surface area contributed by atoms with E-state index in [0.717, 1.165) is 13.0 Å². The van der Waals surface area contributed by atoms with Crippen LogP contribution in [0, 0.1) is 33.0 Å². The summed E-state index contributed by atoms with van der Waals surface area (Å²) in [7, 11) is 0. The molecule has 0 saturated heterocycles. The molecule has 4 fully saturated rings. The molecule has 0 aliphatic heterocycles. The van der Waals surface area contributed by atoms with Gasteiger partial charge in [-0.1, -0.05) is 13.8 Å². The van der Waals surface area contributed by atoms with Crippen LogP contribution in [0.2, 0.25) is 0 Å². The minimum atomic E-state index is 0.352. The first-order valence-corrected chi connectivity index (χ1v) is 6.98. The lowest BCUT2D eigenvalue weighted by atomic mass is 9.50. The second-order valence-corrected chi connectivity index (χ2v) is 7.91. The number of rotatable bonds is 3. The fourth-order valence-corrected chi connectivity index (χ4v) is 5.96. The van der Waals surface area contributed by atoms with Crippen molar-refractivity contribution in [3.8, 4) is 6.07 Å². The van der Waals surface area contributed by atoms with Gasteiger partial charge in [0.25, 0.3) is 0 Å². The lowest BCUT2D eigenvalue weighted by Gasteiger charge is -2.55. The first-order chi connectivity index (χ1) is 7.91. The highest BCUT2D eigenvalue weighted by Gasteiger charge is 2.72. The molecule has 2 bridgehead atoms. The van der Waals surface area contributed by atoms with Crippen molar-refractivity contribution < 1.29 is 0 Å². The van der Waals surface area contributed by atoms with E-state index < -0.39 is 0 Å². The number of nitriles is 1. The predicted molar refractivity (Wildman–Crippen MR) is 68.1 cm³/mol. The van der Waals surface area contributed by atoms with Gasteiger partial charge in [-0.2, -0.15) is 5.26 Å². The van der Waals surface area contributed by atoms with E-state index in [2.05, 4.69) is 19.9 Å². The zero-order chi connectivity index (χ0) is 12.4. The average Bonchev–Trinajstić information content (AvgIpc) is 2.68. The normalized spacial score (nSPS) is 55.2. The summed E-state index contributed by atoms with van der Waals surface area (Å²) in [6.07, 6.45) is 8.57. The highest BCUT2D eigenvalue weighted by molar-refractivity contribution is 5.24. The Balaban J connectivity index is 1.89. The molecule has 2 nitrogen and oxygen atoms in total. The second-order valence-electron chi connectivity index (χ2n) is 7.91. The van der Waals surface area contributed by atoms with Gasteiger partial charge in [0, 0.05) is 6.42 Å². The first kappa shape index (κ1) is 11.5. The fourth-order valence-electron chi connectivity index (χ4n) is 5.96. The molecule has 17 heavy (non-hydrogen) atoms. The minimum absolute atomic E-state index is 0.352. The Morgan fingerprint density at radius 2 is 1.82 bits per heavy atom. The topological polar surface area (TPSA) is 49.8 Å². The third-order valence-corrected chi connectivity index (χ3v) is 6.11. The van der Waals surface area contributed by atoms with Crippen LogP contribution < -0.4 is 5.73 Å². The first-order valence-electron chi connectivity index (χ1n) is 6.98. The third kappa shape index (κ3) is 1.41. The van der Waals surface area contributed by atoms with Crippen LogP contribution in [0.3, 0.4) is 0 Å². The SMILES string of the molecule is CC12CC(CCN)(C1)CC1(CC#N)CC1(C)C2. The summed E-state index contributed by atoms with van der Waals surface area (Å²) in [5, 5.41) is 9.12. The van der Waals surface area contributed by atoms with Crippen LogP contribution in [0.5, 0.6) is 0 Å². The van der Waals surface area contributed by atoms with E-state index in [-0.39, 0.29) is 0 Å². The molecule has 4 aliphatic carbocycles. The van der Waals surface area contributed by atoms with Gasteiger partial charge < -0.3 is 5.73 Å². The van der Waals surface area contributed by atoms with Crippen LogP contribution >= 0.6 is 0 Å². The van der Waals surface area contributed by atoms with Gasteiger partial charge in [-0.15, -0.1) is 0 Å². The van der Waals surface area contributed by atoms with Gasteiger partial charge in [-0.3, -0.25) is 0 Å². The van der Waals surface area contributed by atoms with Crippen molar-refractivity contribution in [1.82, 2.24) is 0 Å². The van der Waals surface area contributed by atoms with Gasteiger partial charge in [0.2, 0.25) is 0 Å². The van der Waals surface area contributed by atoms with Gasteiger partial charge in [-0.25, -0.2) is 0 Å². The summed E-state index contributed by atoms with van der Waals surface area (Å²) < 4.78 is 0. The van der Waals surface area contributed by atoms with Gasteiger partial charge in [0.15, 0.2) is 0 Å². The highest BCUT2D eigenvalue weighted by atomic mass is 14.8. The smallest absolute Gasteiger partial charge is 0.0627 e. The van der Waals surface area contributed by atoms with E-state index >= 15 is 0 Å². The van der Waals surface area contributed by atoms with E-state index in [1.54, 1.807) is 0 Å². The number of hydrogen-bond acceptors (Lipinski definition) is 2. The maximum atomic E-state index is 9.12. The van der Waals surface area contributed by atoms with Crippen molar-refractivity contribution in [2.45, 2.75) is 58.8 Å². The Hall–Kier alpha value is -0.550. The average molecular weight is 232 g/mol. The van der Waals surface area contributed by atoms with Crippen LogP contribution in [-0.2, 0) is 0 Å². The predicted octanol–water partition coefficient (Wildman–Crippen LogP) is 3.23. The van der Waals surface area contributed by atoms with Crippen molar-refractivity contribution in [1.29, 1.82) is 5.26 Å². The van der Waals surface area contributed by atoms with E-state index in [9.17, 15) is 0 Å². The largest absolute Gasteiger partial charge is 0.330 e. The minimum Gasteiger partial charge on any atom is -0.330 e. The molecule has 4 rings (SSSR count). The Morgan fingerprint density at radius 1 is 1.12 bits per heavy atom. The van der Waals surface area contributed by atoms with Crippen LogP contribution in [0.25, 0.3) is 0 Å². The summed E-state index contributed by atoms with van der Waals surface area (Å²) in [6.45, 7) is 5.69. The van der Waals surface area contributed by atoms with E-state index in [0.29, 0.717) is 21.7 Å². The molecule has 4 aliphatic rings. The van der Waals surface area contributed by atoms with Crippen molar-refractivity contribution in [3.63, 3.8) is 0 Å². The third-order valence-electron chi connectivity index (χ3n) is 6.11. The molecule has 0 aromatic rings. The lowest BCUT2D eigenvalue weighted by molar-refractivity contribution is -0.0426. The van der Waals surface area contributed by atoms with Crippen LogP contribution in [0.15, 0.2) is 0 Å². The molecule has 0 spiro atoms. The number of nitrogens with two attached hydrogens (primary N) is 1. The number of hydrogen-bond donors (Lipinski definition) is 1. The molecule has 94 valence electrons. The molecule has 2 unspecified atom stereocenters. The zero-order valence-corrected chi connectivity index (χ0v) is 11.2. The maximum Gasteiger partial charge on any atom is 0.0627 e. The summed E-state index contributed by atoms with van der Waals surface area (Å²) in [6, 6.07) is 2.45. The quantitative estimate of drug-likeness (QED) is 0.812. The molecule has 0 amide bonds. The monoisotopic (exact) mass is 232 g/mol. The summed E-state index contributed by atoms with van der Waals surface area (Å²) in [5.41, 5.74) is 7.67. The maximum absolute atomic E-state index is 9.12. The molecule has 2 N–H and O–H groups in total. The molecular formula is C15H24N2. The van der Waals surface area contributed by atoms with E-state index in [1.165, 1.54) is 38.5 Å². The summed E-state index contributed by atoms with van der Waals surface area (Å²) >= 11 is 0. The van der Waals surface area contributed by atoms with Crippen LogP contribution in [0.1, 0.15) is 58.8 Å². The van der Waals surface area contributed by atoms with Crippen LogP contribution in [0.4, 0.5) is 0 Å². The second kappa shape index (κ2) is 3.06. The van der Waals surface area contributed by atoms with Crippen molar-refractivity contribution >= 4 is 0 Å². The van der Waals surface area contributed by atoms with E-state index in [4.69, 9.17) is 11.0 Å². The Kier molecular flexibility index (Phi) is 2.08. The Bertz CT molecular complexity index is 388. The van der Waals surface area contributed by atoms with Gasteiger partial charge in [0.1, 0.15) is 0 Å². The molecule has 0 aromatic carbocycles. The standard InChI is InChI=1S/C15H24N2/c1-12-7-13(2)10-15(13,4-6-17)11-14(8-12,9-12)3-5-16/h3-5,7-11,16H2,1-2H3. The number of nitrogens with zero attached hydrogens (tertiary/aromatic N) is 1. The summed E-state index contributed by atoms with van der Waals surface area (Å²) in [4.78, 5) is 0. The molecular weight excluding hydrogens is 208 g/mol. The highest BCUT2D eigenvalue weighted by Crippen LogP contribution is 2.81. The van der Waals surface area contributed by atoms with Gasteiger partial charge in [-0.05, 0) is 66.7 Å². The molecule has 2 atom stereocenters. The molecule has 2 heteroatoms. The van der Waals surface area contributed by atoms with Crippen molar-refractivity contribution in [3.05, 3.63) is 0 Å². The molecule has 4 saturated carbocycles. The van der Waals surface area contributed by atoms with Gasteiger partial charge >= 0.3 is 0 Å².